The standard InChI is InChI=1S/C31H35F3N6O2.H2/c1-4-27(41)37-13-21-15-39(16-21)14-20-8-24-25(26(9-20)31(32,33)34)17-40(28(24)42)23-7-5-6-22(10-23)30(11-19(2)12-30)29(36)38(3)18-35;/h4-10,18-19,21,35-36H,1,11-17H2,2-3H3,(H,37,41);1H. The molecule has 3 aliphatic rings. The fourth-order valence-electron chi connectivity index (χ4n) is 6.60. The monoisotopic (exact) mass is 582 g/mol. The molecule has 0 spiro atoms. The third-order valence-electron chi connectivity index (χ3n) is 8.70. The molecule has 3 N–H and O–H groups in total. The second-order valence-corrected chi connectivity index (χ2v) is 11.8. The number of likely N-dealkylation sites (N-methyl/N-ethyl adjacent to an activating group) is 1. The van der Waals surface area contributed by atoms with E-state index in [1.165, 1.54) is 15.9 Å². The summed E-state index contributed by atoms with van der Waals surface area (Å²) in [5, 5.41) is 19.1. The maximum absolute atomic E-state index is 14.3. The number of amides is 2. The van der Waals surface area contributed by atoms with Crippen LogP contribution < -0.4 is 10.2 Å². The van der Waals surface area contributed by atoms with E-state index in [9.17, 15) is 22.8 Å². The third kappa shape index (κ3) is 5.33. The van der Waals surface area contributed by atoms with Gasteiger partial charge in [0.1, 0.15) is 5.84 Å². The molecule has 0 atom stereocenters. The first kappa shape index (κ1) is 29.5. The van der Waals surface area contributed by atoms with Gasteiger partial charge in [0.05, 0.1) is 23.9 Å². The topological polar surface area (TPSA) is 104 Å². The van der Waals surface area contributed by atoms with E-state index in [1.54, 1.807) is 25.2 Å². The molecule has 0 bridgehead atoms. The maximum atomic E-state index is 14.3. The highest BCUT2D eigenvalue weighted by Crippen LogP contribution is 2.50. The second-order valence-electron chi connectivity index (χ2n) is 11.8. The minimum absolute atomic E-state index is 0. The van der Waals surface area contributed by atoms with Crippen LogP contribution in [0.5, 0.6) is 0 Å². The number of likely N-dealkylation sites (tertiary alicyclic amines) is 1. The molecule has 0 aromatic heterocycles. The summed E-state index contributed by atoms with van der Waals surface area (Å²) >= 11 is 0. The van der Waals surface area contributed by atoms with Gasteiger partial charge < -0.3 is 15.1 Å². The van der Waals surface area contributed by atoms with Gasteiger partial charge in [0.15, 0.2) is 0 Å². The van der Waals surface area contributed by atoms with E-state index >= 15 is 0 Å². The van der Waals surface area contributed by atoms with Crippen LogP contribution in [0.25, 0.3) is 0 Å². The van der Waals surface area contributed by atoms with E-state index in [0.717, 1.165) is 18.0 Å². The molecule has 2 aliphatic heterocycles. The van der Waals surface area contributed by atoms with Crippen LogP contribution in [0, 0.1) is 22.7 Å². The zero-order chi connectivity index (χ0) is 30.4. The Bertz CT molecular complexity index is 1450. The quantitative estimate of drug-likeness (QED) is 0.219. The highest BCUT2D eigenvalue weighted by molar-refractivity contribution is 6.10. The Morgan fingerprint density at radius 3 is 2.60 bits per heavy atom. The first-order valence-corrected chi connectivity index (χ1v) is 14.0. The Kier molecular flexibility index (Phi) is 7.74. The van der Waals surface area contributed by atoms with E-state index in [4.69, 9.17) is 10.8 Å². The Labute approximate surface area is 244 Å². The number of hydrogen-bond acceptors (Lipinski definition) is 5. The Balaban J connectivity index is 0.00000423. The largest absolute Gasteiger partial charge is 0.416 e. The number of rotatable bonds is 9. The smallest absolute Gasteiger partial charge is 0.352 e. The van der Waals surface area contributed by atoms with E-state index in [2.05, 4.69) is 18.8 Å². The molecule has 1 saturated heterocycles. The van der Waals surface area contributed by atoms with Gasteiger partial charge in [0.2, 0.25) is 5.91 Å². The van der Waals surface area contributed by atoms with Gasteiger partial charge in [-0.1, -0.05) is 25.6 Å². The van der Waals surface area contributed by atoms with Gasteiger partial charge in [-0.2, -0.15) is 13.2 Å². The Hall–Kier alpha value is -3.99. The number of benzene rings is 2. The Morgan fingerprint density at radius 2 is 1.98 bits per heavy atom. The molecule has 8 nitrogen and oxygen atoms in total. The number of carbonyl (C=O) groups is 2. The lowest BCUT2D eigenvalue weighted by Crippen LogP contribution is -2.52. The van der Waals surface area contributed by atoms with Crippen molar-refractivity contribution in [3.63, 3.8) is 0 Å². The fraction of sp³-hybridized carbons (Fsp3) is 0.419. The molecule has 0 radical (unpaired) electrons. The minimum Gasteiger partial charge on any atom is -0.352 e. The zero-order valence-electron chi connectivity index (χ0n) is 23.7. The highest BCUT2D eigenvalue weighted by Gasteiger charge is 2.49. The van der Waals surface area contributed by atoms with E-state index in [-0.39, 0.29) is 43.3 Å². The molecular formula is C31H37F3N6O2. The average Bonchev–Trinajstić information content (AvgIpc) is 3.26. The molecule has 1 saturated carbocycles. The SMILES string of the molecule is C=CC(=O)NCC1CN(Cc2cc3c(c(C(F)(F)F)c2)CN(c2cccc(C4(C(=N)N(C)C=N)CC(C)C4)c2)C3=O)C1.[HH]. The predicted molar refractivity (Wildman–Crippen MR) is 157 cm³/mol. The van der Waals surface area contributed by atoms with Crippen molar-refractivity contribution in [3.05, 3.63) is 76.9 Å². The number of nitrogens with zero attached hydrogens (tertiary/aromatic N) is 3. The fourth-order valence-corrected chi connectivity index (χ4v) is 6.60. The van der Waals surface area contributed by atoms with Gasteiger partial charge >= 0.3 is 6.18 Å². The first-order chi connectivity index (χ1) is 19.9. The number of nitrogens with one attached hydrogen (secondary N) is 3. The molecule has 224 valence electrons. The van der Waals surface area contributed by atoms with E-state index < -0.39 is 23.1 Å². The van der Waals surface area contributed by atoms with Crippen molar-refractivity contribution in [1.29, 1.82) is 10.8 Å². The predicted octanol–water partition coefficient (Wildman–Crippen LogP) is 5.03. The van der Waals surface area contributed by atoms with Crippen molar-refractivity contribution in [2.24, 2.45) is 11.8 Å². The first-order valence-electron chi connectivity index (χ1n) is 14.0. The number of anilines is 1. The molecule has 1 aliphatic carbocycles. The van der Waals surface area contributed by atoms with Crippen LogP contribution in [-0.2, 0) is 29.5 Å². The number of fused-ring (bicyclic) bond motifs is 1. The summed E-state index contributed by atoms with van der Waals surface area (Å²) < 4.78 is 42.8. The number of hydrogen-bond donors (Lipinski definition) is 3. The van der Waals surface area contributed by atoms with Crippen LogP contribution >= 0.6 is 0 Å². The van der Waals surface area contributed by atoms with E-state index in [0.29, 0.717) is 49.6 Å². The summed E-state index contributed by atoms with van der Waals surface area (Å²) in [6.45, 7) is 7.33. The summed E-state index contributed by atoms with van der Waals surface area (Å²) in [5.41, 5.74) is 0.335. The van der Waals surface area contributed by atoms with Gasteiger partial charge in [-0.25, -0.2) is 0 Å². The minimum atomic E-state index is -4.62. The molecule has 0 unspecified atom stereocenters. The molecule has 2 amide bonds. The molecule has 2 aromatic rings. The van der Waals surface area contributed by atoms with Gasteiger partial charge in [0, 0.05) is 51.8 Å². The van der Waals surface area contributed by atoms with Crippen LogP contribution in [0.3, 0.4) is 0 Å². The van der Waals surface area contributed by atoms with Crippen molar-refractivity contribution in [1.82, 2.24) is 15.1 Å². The van der Waals surface area contributed by atoms with Gasteiger partial charge in [-0.3, -0.25) is 25.3 Å². The maximum Gasteiger partial charge on any atom is 0.416 e. The lowest BCUT2D eigenvalue weighted by atomic mass is 9.58. The third-order valence-corrected chi connectivity index (χ3v) is 8.70. The van der Waals surface area contributed by atoms with Crippen LogP contribution in [-0.4, -0.2) is 60.5 Å². The van der Waals surface area contributed by atoms with Crippen molar-refractivity contribution in [2.75, 3.05) is 31.6 Å². The summed E-state index contributed by atoms with van der Waals surface area (Å²) in [4.78, 5) is 29.9. The number of carbonyl (C=O) groups excluding carboxylic acids is 2. The summed E-state index contributed by atoms with van der Waals surface area (Å²) in [5.74, 6) is 0.128. The molecule has 2 heterocycles. The van der Waals surface area contributed by atoms with Crippen molar-refractivity contribution in [2.45, 2.75) is 44.4 Å². The normalized spacial score (nSPS) is 22.2. The summed E-state index contributed by atoms with van der Waals surface area (Å²) in [6.07, 6.45) is -0.912. The van der Waals surface area contributed by atoms with Crippen molar-refractivity contribution in [3.8, 4) is 0 Å². The van der Waals surface area contributed by atoms with Gasteiger partial charge in [-0.15, -0.1) is 0 Å². The molecule has 5 rings (SSSR count). The lowest BCUT2D eigenvalue weighted by molar-refractivity contribution is -0.138. The van der Waals surface area contributed by atoms with Crippen molar-refractivity contribution >= 4 is 29.7 Å². The van der Waals surface area contributed by atoms with Crippen LogP contribution in [0.2, 0.25) is 0 Å². The summed E-state index contributed by atoms with van der Waals surface area (Å²) in [7, 11) is 1.65. The van der Waals surface area contributed by atoms with Gasteiger partial charge in [0.25, 0.3) is 5.91 Å². The zero-order valence-corrected chi connectivity index (χ0v) is 23.7. The lowest BCUT2D eigenvalue weighted by Gasteiger charge is -2.48. The number of amidine groups is 1. The van der Waals surface area contributed by atoms with Crippen LogP contribution in [0.1, 0.15) is 53.8 Å². The molecule has 2 aromatic carbocycles. The van der Waals surface area contributed by atoms with Crippen LogP contribution in [0.15, 0.2) is 49.1 Å². The van der Waals surface area contributed by atoms with Crippen molar-refractivity contribution < 1.29 is 24.2 Å². The molecule has 42 heavy (non-hydrogen) atoms. The molecule has 11 heteroatoms. The number of alkyl halides is 3. The van der Waals surface area contributed by atoms with E-state index in [1.807, 2.05) is 17.0 Å². The molecular weight excluding hydrogens is 545 g/mol. The highest BCUT2D eigenvalue weighted by atomic mass is 19.4. The number of halogens is 3. The molecule has 2 fully saturated rings. The second kappa shape index (κ2) is 11.0. The summed E-state index contributed by atoms with van der Waals surface area (Å²) in [6, 6.07) is 9.91. The van der Waals surface area contributed by atoms with Crippen LogP contribution in [0.4, 0.5) is 18.9 Å². The van der Waals surface area contributed by atoms with Gasteiger partial charge in [-0.05, 0) is 65.8 Å². The Morgan fingerprint density at radius 1 is 1.26 bits per heavy atom. The average molecular weight is 583 g/mol.